The first kappa shape index (κ1) is 13.0. The number of hydrogen-bond acceptors (Lipinski definition) is 6. The smallest absolute Gasteiger partial charge is 0.340 e. The summed E-state index contributed by atoms with van der Waals surface area (Å²) >= 11 is 1.75. The van der Waals surface area contributed by atoms with E-state index in [-0.39, 0.29) is 17.0 Å². The van der Waals surface area contributed by atoms with Gasteiger partial charge >= 0.3 is 5.97 Å². The number of halogens is 2. The second-order valence-electron chi connectivity index (χ2n) is 3.43. The van der Waals surface area contributed by atoms with Crippen molar-refractivity contribution in [3.63, 3.8) is 0 Å². The molecule has 2 rings (SSSR count). The van der Waals surface area contributed by atoms with Crippen LogP contribution in [0.5, 0.6) is 0 Å². The van der Waals surface area contributed by atoms with E-state index in [4.69, 9.17) is 5.73 Å². The van der Waals surface area contributed by atoms with Crippen molar-refractivity contribution in [3.05, 3.63) is 35.4 Å². The fourth-order valence-electron chi connectivity index (χ4n) is 1.45. The van der Waals surface area contributed by atoms with Crippen LogP contribution in [0.1, 0.15) is 5.69 Å². The number of nitrogens with two attached hydrogens (primary N) is 1. The highest BCUT2D eigenvalue weighted by Gasteiger charge is 2.40. The second kappa shape index (κ2) is 4.69. The van der Waals surface area contributed by atoms with Crippen LogP contribution in [0.15, 0.2) is 34.0 Å². The van der Waals surface area contributed by atoms with E-state index in [2.05, 4.69) is 19.9 Å². The Labute approximate surface area is 115 Å². The lowest BCUT2D eigenvalue weighted by molar-refractivity contribution is -0.136. The maximum atomic E-state index is 13.1. The summed E-state index contributed by atoms with van der Waals surface area (Å²) in [5, 5.41) is 7.55. The Bertz CT molecular complexity index is 571. The zero-order valence-corrected chi connectivity index (χ0v) is 11.4. The summed E-state index contributed by atoms with van der Waals surface area (Å²) in [4.78, 5) is 15.3. The Morgan fingerprint density at radius 3 is 2.89 bits per heavy atom. The monoisotopic (exact) mass is 362 g/mol. The first-order chi connectivity index (χ1) is 8.45. The molecule has 18 heavy (non-hydrogen) atoms. The molecule has 0 saturated heterocycles. The zero-order chi connectivity index (χ0) is 13.3. The molecule has 0 aliphatic carbocycles. The van der Waals surface area contributed by atoms with Crippen molar-refractivity contribution in [3.8, 4) is 0 Å². The lowest BCUT2D eigenvalue weighted by Crippen LogP contribution is -2.34. The molecule has 1 aromatic heterocycles. The molecule has 0 saturated carbocycles. The molecule has 1 aromatic rings. The van der Waals surface area contributed by atoms with Gasteiger partial charge in [-0.3, -0.25) is 5.73 Å². The molecule has 6 nitrogen and oxygen atoms in total. The number of pyridine rings is 1. The molecule has 0 radical (unpaired) electrons. The third-order valence-electron chi connectivity index (χ3n) is 2.23. The molecule has 0 bridgehead atoms. The van der Waals surface area contributed by atoms with Gasteiger partial charge in [-0.25, -0.2) is 9.78 Å². The number of nitrogens with zero attached hydrogens (tertiary/aromatic N) is 3. The van der Waals surface area contributed by atoms with Crippen molar-refractivity contribution in [1.29, 1.82) is 0 Å². The van der Waals surface area contributed by atoms with Crippen LogP contribution in [0.25, 0.3) is 5.70 Å². The minimum atomic E-state index is -1.33. The van der Waals surface area contributed by atoms with Crippen molar-refractivity contribution in [2.45, 2.75) is 3.67 Å². The highest BCUT2D eigenvalue weighted by atomic mass is 127. The zero-order valence-electron chi connectivity index (χ0n) is 9.22. The Hall–Kier alpha value is -1.42. The number of azo groups is 1. The third kappa shape index (κ3) is 2.25. The average Bonchev–Trinajstić information content (AvgIpc) is 2.64. The minimum absolute atomic E-state index is 0.0451. The highest BCUT2D eigenvalue weighted by molar-refractivity contribution is 14.1. The first-order valence-corrected chi connectivity index (χ1v) is 5.90. The van der Waals surface area contributed by atoms with Crippen molar-refractivity contribution in [2.75, 3.05) is 7.11 Å². The molecule has 94 valence electrons. The van der Waals surface area contributed by atoms with Gasteiger partial charge in [0.15, 0.2) is 0 Å². The predicted molar refractivity (Wildman–Crippen MR) is 68.9 cm³/mol. The number of ether oxygens (including phenoxy) is 1. The third-order valence-corrected chi connectivity index (χ3v) is 2.99. The molecule has 1 aliphatic rings. The van der Waals surface area contributed by atoms with Gasteiger partial charge in [0.1, 0.15) is 11.3 Å². The molecular weight excluding hydrogens is 354 g/mol. The van der Waals surface area contributed by atoms with Crippen LogP contribution in [0.3, 0.4) is 0 Å². The molecule has 0 spiro atoms. The number of rotatable bonds is 2. The van der Waals surface area contributed by atoms with E-state index in [0.717, 1.165) is 0 Å². The standard InChI is InChI=1S/C10H8FIN4O2/c1-18-9(17)7-8(15-16-10(7,12)13)5-3-2-4-6(11)14-5/h2-4H,13H2,1H3. The molecule has 1 aliphatic heterocycles. The van der Waals surface area contributed by atoms with E-state index in [1.165, 1.54) is 25.3 Å². The lowest BCUT2D eigenvalue weighted by Gasteiger charge is -2.13. The van der Waals surface area contributed by atoms with Gasteiger partial charge in [0.2, 0.25) is 9.62 Å². The van der Waals surface area contributed by atoms with E-state index < -0.39 is 15.6 Å². The molecule has 2 N–H and O–H groups in total. The number of alkyl halides is 1. The van der Waals surface area contributed by atoms with E-state index >= 15 is 0 Å². The molecule has 2 heterocycles. The molecular formula is C10H8FIN4O2. The molecule has 0 aromatic carbocycles. The Balaban J connectivity index is 2.59. The minimum Gasteiger partial charge on any atom is -0.465 e. The number of esters is 1. The van der Waals surface area contributed by atoms with Crippen LogP contribution in [-0.2, 0) is 9.53 Å². The molecule has 0 amide bonds. The average molecular weight is 362 g/mol. The van der Waals surface area contributed by atoms with Gasteiger partial charge < -0.3 is 4.74 Å². The number of carbonyl (C=O) groups excluding carboxylic acids is 1. The van der Waals surface area contributed by atoms with Crippen LogP contribution in [-0.4, -0.2) is 21.7 Å². The molecule has 0 fully saturated rings. The normalized spacial score (nSPS) is 22.4. The van der Waals surface area contributed by atoms with Crippen molar-refractivity contribution in [2.24, 2.45) is 16.0 Å². The van der Waals surface area contributed by atoms with Crippen molar-refractivity contribution in [1.82, 2.24) is 4.98 Å². The number of carbonyl (C=O) groups is 1. The number of hydrogen-bond donors (Lipinski definition) is 1. The number of methoxy groups -OCH3 is 1. The summed E-state index contributed by atoms with van der Waals surface area (Å²) in [5.41, 5.74) is 6.16. The predicted octanol–water partition coefficient (Wildman–Crippen LogP) is 1.62. The van der Waals surface area contributed by atoms with Crippen molar-refractivity contribution >= 4 is 34.3 Å². The molecule has 1 atom stereocenters. The van der Waals surface area contributed by atoms with E-state index in [0.29, 0.717) is 0 Å². The number of aromatic nitrogens is 1. The Morgan fingerprint density at radius 2 is 2.28 bits per heavy atom. The quantitative estimate of drug-likeness (QED) is 0.285. The topological polar surface area (TPSA) is 89.9 Å². The van der Waals surface area contributed by atoms with Crippen LogP contribution < -0.4 is 5.73 Å². The summed E-state index contributed by atoms with van der Waals surface area (Å²) in [6.45, 7) is 0. The van der Waals surface area contributed by atoms with Gasteiger partial charge in [-0.15, -0.1) is 10.2 Å². The first-order valence-electron chi connectivity index (χ1n) is 4.82. The van der Waals surface area contributed by atoms with Crippen LogP contribution in [0.4, 0.5) is 4.39 Å². The lowest BCUT2D eigenvalue weighted by atomic mass is 10.1. The Morgan fingerprint density at radius 1 is 1.56 bits per heavy atom. The summed E-state index contributed by atoms with van der Waals surface area (Å²) in [6, 6.07) is 4.16. The largest absolute Gasteiger partial charge is 0.465 e. The summed E-state index contributed by atoms with van der Waals surface area (Å²) in [6.07, 6.45) is 0. The summed E-state index contributed by atoms with van der Waals surface area (Å²) in [5.74, 6) is -1.35. The maximum Gasteiger partial charge on any atom is 0.340 e. The van der Waals surface area contributed by atoms with Gasteiger partial charge in [0, 0.05) is 0 Å². The van der Waals surface area contributed by atoms with Gasteiger partial charge in [0.05, 0.1) is 12.8 Å². The fourth-order valence-corrected chi connectivity index (χ4v) is 2.03. The fraction of sp³-hybridized carbons (Fsp3) is 0.200. The SMILES string of the molecule is COC(=O)C1=C(c2cccc(F)n2)N=NC1(N)I. The maximum absolute atomic E-state index is 13.1. The van der Waals surface area contributed by atoms with Gasteiger partial charge in [0.25, 0.3) is 0 Å². The summed E-state index contributed by atoms with van der Waals surface area (Å²) < 4.78 is 16.4. The van der Waals surface area contributed by atoms with Gasteiger partial charge in [-0.05, 0) is 34.7 Å². The molecule has 8 heteroatoms. The molecule has 1 unspecified atom stereocenters. The van der Waals surface area contributed by atoms with E-state index in [9.17, 15) is 9.18 Å². The van der Waals surface area contributed by atoms with Crippen LogP contribution in [0.2, 0.25) is 0 Å². The van der Waals surface area contributed by atoms with Crippen molar-refractivity contribution < 1.29 is 13.9 Å². The van der Waals surface area contributed by atoms with Gasteiger partial charge in [-0.1, -0.05) is 6.07 Å². The van der Waals surface area contributed by atoms with E-state index in [1.807, 2.05) is 0 Å². The van der Waals surface area contributed by atoms with Crippen LogP contribution >= 0.6 is 22.6 Å². The summed E-state index contributed by atoms with van der Waals surface area (Å²) in [7, 11) is 1.22. The Kier molecular flexibility index (Phi) is 3.39. The van der Waals surface area contributed by atoms with E-state index in [1.54, 1.807) is 22.6 Å². The second-order valence-corrected chi connectivity index (χ2v) is 5.08. The van der Waals surface area contributed by atoms with Crippen LogP contribution in [0, 0.1) is 5.95 Å². The van der Waals surface area contributed by atoms with Gasteiger partial charge in [-0.2, -0.15) is 4.39 Å². The highest BCUT2D eigenvalue weighted by Crippen LogP contribution is 2.38.